The highest BCUT2D eigenvalue weighted by atomic mass is 16.4. The minimum Gasteiger partial charge on any atom is -0.481 e. The molecule has 0 heterocycles. The van der Waals surface area contributed by atoms with Crippen LogP contribution in [-0.2, 0) is 22.6 Å². The fraction of sp³-hybridized carbons (Fsp3) is 0.167. The third-order valence-corrected chi connectivity index (χ3v) is 2.03. The molecule has 0 saturated heterocycles. The molecule has 4 nitrogen and oxygen atoms in total. The number of aliphatic carboxylic acids is 1. The number of carboxylic acid groups (broad SMARTS) is 1. The maximum absolute atomic E-state index is 10.9. The Hall–Kier alpha value is -2.28. The van der Waals surface area contributed by atoms with Crippen molar-refractivity contribution in [3.8, 4) is 12.3 Å². The molecule has 0 aromatic heterocycles. The van der Waals surface area contributed by atoms with Gasteiger partial charge in [0, 0.05) is 6.54 Å². The topological polar surface area (TPSA) is 66.4 Å². The first-order valence-electron chi connectivity index (χ1n) is 4.66. The Morgan fingerprint density at radius 3 is 2.50 bits per heavy atom. The van der Waals surface area contributed by atoms with Crippen molar-refractivity contribution in [3.63, 3.8) is 0 Å². The van der Waals surface area contributed by atoms with Gasteiger partial charge in [0.2, 0.25) is 0 Å². The molecule has 1 aromatic carbocycles. The van der Waals surface area contributed by atoms with Gasteiger partial charge in [0.15, 0.2) is 0 Å². The molecular weight excluding hydrogens is 206 g/mol. The van der Waals surface area contributed by atoms with Gasteiger partial charge in [0.05, 0.1) is 6.42 Å². The molecule has 0 saturated carbocycles. The number of rotatable bonds is 4. The molecule has 0 radical (unpaired) electrons. The van der Waals surface area contributed by atoms with Crippen LogP contribution in [0, 0.1) is 12.3 Å². The van der Waals surface area contributed by atoms with Crippen LogP contribution in [0.3, 0.4) is 0 Å². The minimum absolute atomic E-state index is 0.0674. The summed E-state index contributed by atoms with van der Waals surface area (Å²) in [6.45, 7) is 0.243. The number of hydrogen-bond donors (Lipinski definition) is 2. The average molecular weight is 217 g/mol. The third kappa shape index (κ3) is 3.46. The molecule has 82 valence electrons. The number of terminal acetylenes is 1. The van der Waals surface area contributed by atoms with Crippen LogP contribution < -0.4 is 5.32 Å². The Balaban J connectivity index is 2.75. The van der Waals surface area contributed by atoms with E-state index in [1.54, 1.807) is 24.3 Å². The van der Waals surface area contributed by atoms with Gasteiger partial charge in [-0.1, -0.05) is 24.3 Å². The maximum atomic E-state index is 10.9. The predicted molar refractivity (Wildman–Crippen MR) is 58.5 cm³/mol. The Morgan fingerprint density at radius 2 is 1.94 bits per heavy atom. The Kier molecular flexibility index (Phi) is 4.10. The van der Waals surface area contributed by atoms with Crippen LogP contribution in [0.1, 0.15) is 11.1 Å². The predicted octanol–water partition coefficient (Wildman–Crippen LogP) is 0.563. The zero-order valence-corrected chi connectivity index (χ0v) is 8.56. The first kappa shape index (κ1) is 11.8. The van der Waals surface area contributed by atoms with Gasteiger partial charge in [-0.25, -0.2) is 0 Å². The molecule has 1 aromatic rings. The number of carbonyl (C=O) groups excluding carboxylic acids is 1. The summed E-state index contributed by atoms with van der Waals surface area (Å²) in [5, 5.41) is 11.2. The summed E-state index contributed by atoms with van der Waals surface area (Å²) in [4.78, 5) is 21.5. The van der Waals surface area contributed by atoms with Crippen molar-refractivity contribution >= 4 is 11.9 Å². The molecule has 0 aliphatic heterocycles. The smallest absolute Gasteiger partial charge is 0.307 e. The van der Waals surface area contributed by atoms with Crippen LogP contribution in [0.2, 0.25) is 0 Å². The fourth-order valence-corrected chi connectivity index (χ4v) is 1.29. The molecule has 0 fully saturated rings. The molecule has 0 bridgehead atoms. The second kappa shape index (κ2) is 5.56. The quantitative estimate of drug-likeness (QED) is 0.724. The van der Waals surface area contributed by atoms with E-state index in [1.807, 2.05) is 5.92 Å². The van der Waals surface area contributed by atoms with Gasteiger partial charge in [0.25, 0.3) is 5.91 Å². The van der Waals surface area contributed by atoms with E-state index in [9.17, 15) is 9.59 Å². The van der Waals surface area contributed by atoms with E-state index in [4.69, 9.17) is 11.5 Å². The van der Waals surface area contributed by atoms with Gasteiger partial charge in [-0.15, -0.1) is 6.42 Å². The highest BCUT2D eigenvalue weighted by Crippen LogP contribution is 2.09. The molecular formula is C12H11NO3. The van der Waals surface area contributed by atoms with Crippen LogP contribution in [0.4, 0.5) is 0 Å². The number of amides is 1. The molecule has 16 heavy (non-hydrogen) atoms. The Bertz CT molecular complexity index is 446. The van der Waals surface area contributed by atoms with Crippen molar-refractivity contribution in [1.29, 1.82) is 0 Å². The second-order valence-corrected chi connectivity index (χ2v) is 3.17. The summed E-state index contributed by atoms with van der Waals surface area (Å²) < 4.78 is 0. The van der Waals surface area contributed by atoms with Gasteiger partial charge in [-0.05, 0) is 17.0 Å². The standard InChI is InChI=1S/C12H11NO3/c1-2-11(14)13-8-10-6-4-3-5-9(10)7-12(15)16/h1,3-6H,7-8H2,(H,13,14)(H,15,16). The monoisotopic (exact) mass is 217 g/mol. The molecule has 4 heteroatoms. The lowest BCUT2D eigenvalue weighted by Crippen LogP contribution is -2.21. The van der Waals surface area contributed by atoms with Crippen LogP contribution in [0.15, 0.2) is 24.3 Å². The van der Waals surface area contributed by atoms with E-state index in [1.165, 1.54) is 0 Å². The average Bonchev–Trinajstić information content (AvgIpc) is 2.26. The summed E-state index contributed by atoms with van der Waals surface area (Å²) in [5.41, 5.74) is 1.43. The molecule has 0 unspecified atom stereocenters. The number of carbonyl (C=O) groups is 2. The van der Waals surface area contributed by atoms with Gasteiger partial charge in [0.1, 0.15) is 0 Å². The molecule has 2 N–H and O–H groups in total. The fourth-order valence-electron chi connectivity index (χ4n) is 1.29. The van der Waals surface area contributed by atoms with Crippen molar-refractivity contribution in [2.75, 3.05) is 0 Å². The molecule has 0 aliphatic carbocycles. The van der Waals surface area contributed by atoms with Gasteiger partial charge < -0.3 is 10.4 Å². The zero-order chi connectivity index (χ0) is 12.0. The van der Waals surface area contributed by atoms with E-state index >= 15 is 0 Å². The number of nitrogens with one attached hydrogen (secondary N) is 1. The summed E-state index contributed by atoms with van der Waals surface area (Å²) in [7, 11) is 0. The van der Waals surface area contributed by atoms with Gasteiger partial charge in [-0.2, -0.15) is 0 Å². The maximum Gasteiger partial charge on any atom is 0.307 e. The van der Waals surface area contributed by atoms with Gasteiger partial charge in [-0.3, -0.25) is 9.59 Å². The largest absolute Gasteiger partial charge is 0.481 e. The lowest BCUT2D eigenvalue weighted by Gasteiger charge is -2.07. The molecule has 0 aliphatic rings. The molecule has 1 amide bonds. The lowest BCUT2D eigenvalue weighted by atomic mass is 10.0. The van der Waals surface area contributed by atoms with E-state index in [0.717, 1.165) is 5.56 Å². The Labute approximate surface area is 93.3 Å². The van der Waals surface area contributed by atoms with E-state index in [-0.39, 0.29) is 13.0 Å². The number of hydrogen-bond acceptors (Lipinski definition) is 2. The normalized spacial score (nSPS) is 9.19. The van der Waals surface area contributed by atoms with Crippen molar-refractivity contribution < 1.29 is 14.7 Å². The van der Waals surface area contributed by atoms with Gasteiger partial charge >= 0.3 is 5.97 Å². The van der Waals surface area contributed by atoms with Crippen molar-refractivity contribution in [3.05, 3.63) is 35.4 Å². The van der Waals surface area contributed by atoms with Crippen molar-refractivity contribution in [2.24, 2.45) is 0 Å². The zero-order valence-electron chi connectivity index (χ0n) is 8.56. The van der Waals surface area contributed by atoms with Crippen LogP contribution >= 0.6 is 0 Å². The van der Waals surface area contributed by atoms with E-state index in [2.05, 4.69) is 5.32 Å². The first-order valence-corrected chi connectivity index (χ1v) is 4.66. The van der Waals surface area contributed by atoms with Crippen LogP contribution in [0.25, 0.3) is 0 Å². The SMILES string of the molecule is C#CC(=O)NCc1ccccc1CC(=O)O. The lowest BCUT2D eigenvalue weighted by molar-refractivity contribution is -0.136. The number of carboxylic acids is 1. The number of benzene rings is 1. The molecule has 1 rings (SSSR count). The summed E-state index contributed by atoms with van der Waals surface area (Å²) in [6.07, 6.45) is 4.83. The molecule has 0 spiro atoms. The van der Waals surface area contributed by atoms with Crippen molar-refractivity contribution in [1.82, 2.24) is 5.32 Å². The highest BCUT2D eigenvalue weighted by Gasteiger charge is 2.06. The first-order chi connectivity index (χ1) is 7.63. The van der Waals surface area contributed by atoms with Crippen LogP contribution in [0.5, 0.6) is 0 Å². The second-order valence-electron chi connectivity index (χ2n) is 3.17. The minimum atomic E-state index is -0.907. The van der Waals surface area contributed by atoms with Crippen LogP contribution in [-0.4, -0.2) is 17.0 Å². The third-order valence-electron chi connectivity index (χ3n) is 2.03. The molecule has 0 atom stereocenters. The van der Waals surface area contributed by atoms with Crippen molar-refractivity contribution in [2.45, 2.75) is 13.0 Å². The van der Waals surface area contributed by atoms with E-state index in [0.29, 0.717) is 5.56 Å². The summed E-state index contributed by atoms with van der Waals surface area (Å²) in [6, 6.07) is 7.01. The summed E-state index contributed by atoms with van der Waals surface area (Å²) in [5.74, 6) is 0.513. The summed E-state index contributed by atoms with van der Waals surface area (Å²) >= 11 is 0. The Morgan fingerprint density at radius 1 is 1.31 bits per heavy atom. The highest BCUT2D eigenvalue weighted by molar-refractivity contribution is 5.92. The van der Waals surface area contributed by atoms with E-state index < -0.39 is 11.9 Å².